The van der Waals surface area contributed by atoms with Crippen molar-refractivity contribution in [1.29, 1.82) is 0 Å². The van der Waals surface area contributed by atoms with Crippen molar-refractivity contribution in [3.63, 3.8) is 0 Å². The van der Waals surface area contributed by atoms with Crippen molar-refractivity contribution in [2.45, 2.75) is 12.8 Å². The van der Waals surface area contributed by atoms with Crippen molar-refractivity contribution in [3.05, 3.63) is 30.1 Å². The molecule has 1 rings (SSSR count). The van der Waals surface area contributed by atoms with Crippen LogP contribution in [0.15, 0.2) is 24.4 Å². The number of hydrogen-bond acceptors (Lipinski definition) is 1. The van der Waals surface area contributed by atoms with E-state index in [4.69, 9.17) is 9.69 Å². The molecule has 0 saturated heterocycles. The van der Waals surface area contributed by atoms with Gasteiger partial charge in [-0.25, -0.2) is 0 Å². The van der Waals surface area contributed by atoms with Gasteiger partial charge in [0.05, 0.1) is 0 Å². The van der Waals surface area contributed by atoms with Gasteiger partial charge in [0.1, 0.15) is 0 Å². The minimum absolute atomic E-state index is 0.0254. The third-order valence-electron chi connectivity index (χ3n) is 1.28. The molecule has 0 bridgehead atoms. The standard InChI is InChI=1S/C8H9N.ClH.Ru/c1-2-5-8-6-3-4-7-9-8;;/h1,3-4,6-7H,2,5H2;1H;/q;;+1/p-1. The van der Waals surface area contributed by atoms with Crippen LogP contribution in [-0.4, -0.2) is 9.59 Å². The summed E-state index contributed by atoms with van der Waals surface area (Å²) in [6.45, 7) is 0. The predicted octanol–water partition coefficient (Wildman–Crippen LogP) is 2.05. The molecule has 1 heterocycles. The van der Waals surface area contributed by atoms with Crippen molar-refractivity contribution < 1.29 is 15.7 Å². The van der Waals surface area contributed by atoms with Crippen molar-refractivity contribution in [1.82, 2.24) is 4.98 Å². The van der Waals surface area contributed by atoms with E-state index >= 15 is 0 Å². The van der Waals surface area contributed by atoms with E-state index in [2.05, 4.69) is 9.59 Å². The van der Waals surface area contributed by atoms with Gasteiger partial charge in [-0.05, 0) is 0 Å². The Kier molecular flexibility index (Phi) is 4.57. The van der Waals surface area contributed by atoms with E-state index in [0.717, 1.165) is 18.5 Å². The Hall–Kier alpha value is -0.0666. The molecule has 0 N–H and O–H groups in total. The molecule has 0 fully saturated rings. The summed E-state index contributed by atoms with van der Waals surface area (Å²) >= 11 is -0.0254. The van der Waals surface area contributed by atoms with Crippen LogP contribution in [0.3, 0.4) is 0 Å². The number of aromatic nitrogens is 1. The molecular weight excluding hydrogens is 247 g/mol. The van der Waals surface area contributed by atoms with Gasteiger partial charge in [0.15, 0.2) is 0 Å². The van der Waals surface area contributed by atoms with Crippen molar-refractivity contribution >= 4 is 14.3 Å². The molecule has 11 heavy (non-hydrogen) atoms. The molecule has 0 saturated carbocycles. The number of rotatable bonds is 3. The minimum atomic E-state index is -0.0254. The van der Waals surface area contributed by atoms with Crippen LogP contribution in [0.2, 0.25) is 0 Å². The van der Waals surface area contributed by atoms with Crippen LogP contribution in [0.4, 0.5) is 0 Å². The predicted molar refractivity (Wildman–Crippen MR) is 44.5 cm³/mol. The Morgan fingerprint density at radius 3 is 3.09 bits per heavy atom. The van der Waals surface area contributed by atoms with E-state index in [1.807, 2.05) is 24.4 Å². The summed E-state index contributed by atoms with van der Waals surface area (Å²) in [6, 6.07) is 5.98. The Balaban J connectivity index is 2.39. The van der Waals surface area contributed by atoms with E-state index < -0.39 is 0 Å². The number of halogens is 1. The maximum absolute atomic E-state index is 5.58. The fraction of sp³-hybridized carbons (Fsp3) is 0.250. The fourth-order valence-corrected chi connectivity index (χ4v) is 1.68. The first-order valence-electron chi connectivity index (χ1n) is 3.37. The third kappa shape index (κ3) is 3.74. The normalized spacial score (nSPS) is 11.4. The van der Waals surface area contributed by atoms with Crippen LogP contribution in [0.25, 0.3) is 0 Å². The number of aryl methyl sites for hydroxylation is 1. The van der Waals surface area contributed by atoms with E-state index in [1.165, 1.54) is 0 Å². The van der Waals surface area contributed by atoms with Gasteiger partial charge >= 0.3 is 77.9 Å². The van der Waals surface area contributed by atoms with Crippen LogP contribution < -0.4 is 0 Å². The van der Waals surface area contributed by atoms with Crippen molar-refractivity contribution in [2.75, 3.05) is 0 Å². The van der Waals surface area contributed by atoms with E-state index in [1.54, 1.807) is 0 Å². The summed E-state index contributed by atoms with van der Waals surface area (Å²) in [5.41, 5.74) is 1.15. The van der Waals surface area contributed by atoms with E-state index in [9.17, 15) is 0 Å². The molecule has 3 heteroatoms. The number of pyridine rings is 1. The quantitative estimate of drug-likeness (QED) is 0.754. The van der Waals surface area contributed by atoms with Gasteiger partial charge in [0.2, 0.25) is 0 Å². The summed E-state index contributed by atoms with van der Waals surface area (Å²) in [6.07, 6.45) is 3.89. The molecule has 0 aliphatic carbocycles. The Morgan fingerprint density at radius 2 is 2.45 bits per heavy atom. The SMILES string of the molecule is [Cl][Ru]=[CH]CCc1ccccn1. The molecule has 1 aromatic rings. The molecule has 1 nitrogen and oxygen atoms in total. The molecule has 0 aliphatic heterocycles. The molecule has 0 atom stereocenters. The van der Waals surface area contributed by atoms with Crippen LogP contribution in [-0.2, 0) is 22.1 Å². The summed E-state index contributed by atoms with van der Waals surface area (Å²) in [4.78, 5) is 4.20. The molecule has 0 unspecified atom stereocenters. The Labute approximate surface area is 78.0 Å². The van der Waals surface area contributed by atoms with Crippen LogP contribution in [0.5, 0.6) is 0 Å². The Bertz CT molecular complexity index is 223. The molecule has 0 radical (unpaired) electrons. The van der Waals surface area contributed by atoms with Crippen LogP contribution in [0, 0.1) is 0 Å². The van der Waals surface area contributed by atoms with Gasteiger partial charge in [0.25, 0.3) is 0 Å². The zero-order valence-electron chi connectivity index (χ0n) is 5.98. The topological polar surface area (TPSA) is 12.9 Å². The van der Waals surface area contributed by atoms with Gasteiger partial charge in [-0.3, -0.25) is 0 Å². The second-order valence-corrected chi connectivity index (χ2v) is 4.08. The first kappa shape index (κ1) is 9.02. The first-order valence-corrected chi connectivity index (χ1v) is 6.61. The van der Waals surface area contributed by atoms with Crippen molar-refractivity contribution in [2.24, 2.45) is 0 Å². The molecule has 1 aromatic heterocycles. The number of nitrogens with zero attached hydrogens (tertiary/aromatic N) is 1. The first-order chi connectivity index (χ1) is 5.43. The molecular formula is C8H9ClNRu. The van der Waals surface area contributed by atoms with Gasteiger partial charge in [-0.15, -0.1) is 0 Å². The van der Waals surface area contributed by atoms with Crippen LogP contribution in [0.1, 0.15) is 12.1 Å². The van der Waals surface area contributed by atoms with Gasteiger partial charge < -0.3 is 0 Å². The summed E-state index contributed by atoms with van der Waals surface area (Å²) in [5.74, 6) is 0. The van der Waals surface area contributed by atoms with Gasteiger partial charge in [-0.2, -0.15) is 0 Å². The summed E-state index contributed by atoms with van der Waals surface area (Å²) in [7, 11) is 5.58. The zero-order chi connectivity index (χ0) is 7.94. The summed E-state index contributed by atoms with van der Waals surface area (Å²) in [5, 5.41) is 0. The second kappa shape index (κ2) is 5.57. The van der Waals surface area contributed by atoms with E-state index in [0.29, 0.717) is 0 Å². The van der Waals surface area contributed by atoms with Crippen molar-refractivity contribution in [3.8, 4) is 0 Å². The third-order valence-corrected chi connectivity index (χ3v) is 2.70. The second-order valence-electron chi connectivity index (χ2n) is 2.08. The summed E-state index contributed by atoms with van der Waals surface area (Å²) < 4.78 is 2.14. The monoisotopic (exact) mass is 256 g/mol. The van der Waals surface area contributed by atoms with E-state index in [-0.39, 0.29) is 15.7 Å². The molecule has 61 valence electrons. The number of hydrogen-bond donors (Lipinski definition) is 0. The Morgan fingerprint density at radius 1 is 1.55 bits per heavy atom. The maximum atomic E-state index is 5.58. The molecule has 0 aromatic carbocycles. The van der Waals surface area contributed by atoms with Crippen LogP contribution >= 0.6 is 9.69 Å². The molecule has 0 aliphatic rings. The average molecular weight is 256 g/mol. The van der Waals surface area contributed by atoms with Gasteiger partial charge in [0, 0.05) is 0 Å². The average Bonchev–Trinajstić information content (AvgIpc) is 2.07. The van der Waals surface area contributed by atoms with Gasteiger partial charge in [-0.1, -0.05) is 0 Å². The fourth-order valence-electron chi connectivity index (χ4n) is 0.783. The molecule has 0 amide bonds. The zero-order valence-corrected chi connectivity index (χ0v) is 8.47. The molecule has 0 spiro atoms.